The lowest BCUT2D eigenvalue weighted by molar-refractivity contribution is -0.384. The maximum Gasteiger partial charge on any atom is 0.271 e. The predicted molar refractivity (Wildman–Crippen MR) is 76.5 cm³/mol. The molecule has 104 valence electrons. The van der Waals surface area contributed by atoms with E-state index >= 15 is 0 Å². The van der Waals surface area contributed by atoms with E-state index in [9.17, 15) is 14.9 Å². The van der Waals surface area contributed by atoms with Gasteiger partial charge >= 0.3 is 0 Å². The Morgan fingerprint density at radius 1 is 1.19 bits per heavy atom. The van der Waals surface area contributed by atoms with Gasteiger partial charge in [-0.3, -0.25) is 14.9 Å². The molecule has 0 spiro atoms. The summed E-state index contributed by atoms with van der Waals surface area (Å²) >= 11 is 0. The SMILES string of the molecule is O=C(Nn1cc2cc([N+](=O)[O-])ccc2n1)c1ccccc1. The number of nitro benzene ring substituents is 1. The molecule has 0 aliphatic heterocycles. The Labute approximate surface area is 118 Å². The van der Waals surface area contributed by atoms with Gasteiger partial charge in [0.15, 0.2) is 0 Å². The molecule has 0 aliphatic carbocycles. The number of nitrogens with one attached hydrogen (secondary N) is 1. The van der Waals surface area contributed by atoms with E-state index < -0.39 is 4.92 Å². The highest BCUT2D eigenvalue weighted by atomic mass is 16.6. The Morgan fingerprint density at radius 2 is 1.95 bits per heavy atom. The first-order valence-corrected chi connectivity index (χ1v) is 6.14. The molecule has 0 unspecified atom stereocenters. The van der Waals surface area contributed by atoms with E-state index in [1.807, 2.05) is 6.07 Å². The highest BCUT2D eigenvalue weighted by Crippen LogP contribution is 2.19. The molecule has 1 aromatic heterocycles. The molecule has 1 amide bonds. The fraction of sp³-hybridized carbons (Fsp3) is 0. The number of hydrogen-bond donors (Lipinski definition) is 1. The standard InChI is InChI=1S/C14H10N4O3/c19-14(10-4-2-1-3-5-10)16-17-9-11-8-12(18(20)21)6-7-13(11)15-17/h1-9H,(H,16,19). The van der Waals surface area contributed by atoms with Crippen molar-refractivity contribution in [2.75, 3.05) is 5.43 Å². The second-order valence-electron chi connectivity index (χ2n) is 4.38. The number of non-ortho nitro benzene ring substituents is 1. The Kier molecular flexibility index (Phi) is 3.07. The summed E-state index contributed by atoms with van der Waals surface area (Å²) in [5, 5.41) is 15.4. The fourth-order valence-corrected chi connectivity index (χ4v) is 1.94. The van der Waals surface area contributed by atoms with Crippen LogP contribution in [0.1, 0.15) is 10.4 Å². The summed E-state index contributed by atoms with van der Waals surface area (Å²) in [6.45, 7) is 0. The van der Waals surface area contributed by atoms with Crippen molar-refractivity contribution in [3.8, 4) is 0 Å². The summed E-state index contributed by atoms with van der Waals surface area (Å²) in [4.78, 5) is 23.5. The van der Waals surface area contributed by atoms with Crippen LogP contribution in [-0.4, -0.2) is 20.7 Å². The third-order valence-electron chi connectivity index (χ3n) is 2.95. The molecule has 2 aromatic carbocycles. The smallest absolute Gasteiger partial charge is 0.267 e. The molecule has 0 radical (unpaired) electrons. The van der Waals surface area contributed by atoms with Crippen LogP contribution >= 0.6 is 0 Å². The summed E-state index contributed by atoms with van der Waals surface area (Å²) < 4.78 is 0. The first-order chi connectivity index (χ1) is 10.1. The van der Waals surface area contributed by atoms with Gasteiger partial charge in [-0.25, -0.2) is 5.43 Å². The number of nitro groups is 1. The lowest BCUT2D eigenvalue weighted by atomic mass is 10.2. The van der Waals surface area contributed by atoms with Gasteiger partial charge in [-0.1, -0.05) is 18.2 Å². The number of nitrogens with zero attached hydrogens (tertiary/aromatic N) is 3. The Hall–Kier alpha value is -3.22. The van der Waals surface area contributed by atoms with E-state index in [1.165, 1.54) is 23.1 Å². The second-order valence-corrected chi connectivity index (χ2v) is 4.38. The van der Waals surface area contributed by atoms with Gasteiger partial charge in [-0.15, -0.1) is 0 Å². The van der Waals surface area contributed by atoms with Crippen molar-refractivity contribution in [1.82, 2.24) is 9.89 Å². The van der Waals surface area contributed by atoms with Gasteiger partial charge in [0, 0.05) is 23.1 Å². The van der Waals surface area contributed by atoms with Crippen LogP contribution in [0.3, 0.4) is 0 Å². The summed E-state index contributed by atoms with van der Waals surface area (Å²) in [5.41, 5.74) is 3.64. The number of aromatic nitrogens is 2. The van der Waals surface area contributed by atoms with E-state index in [2.05, 4.69) is 10.5 Å². The number of carbonyl (C=O) groups excluding carboxylic acids is 1. The molecule has 21 heavy (non-hydrogen) atoms. The summed E-state index contributed by atoms with van der Waals surface area (Å²) in [6.07, 6.45) is 1.53. The van der Waals surface area contributed by atoms with Crippen molar-refractivity contribution >= 4 is 22.5 Å². The molecular weight excluding hydrogens is 272 g/mol. The van der Waals surface area contributed by atoms with Crippen LogP contribution in [0.2, 0.25) is 0 Å². The van der Waals surface area contributed by atoms with Crippen molar-refractivity contribution in [3.05, 3.63) is 70.4 Å². The van der Waals surface area contributed by atoms with Crippen molar-refractivity contribution in [1.29, 1.82) is 0 Å². The Bertz CT molecular complexity index is 827. The molecule has 0 bridgehead atoms. The van der Waals surface area contributed by atoms with Gasteiger partial charge in [0.1, 0.15) is 0 Å². The van der Waals surface area contributed by atoms with Gasteiger partial charge in [-0.2, -0.15) is 9.89 Å². The first-order valence-electron chi connectivity index (χ1n) is 6.14. The highest BCUT2D eigenvalue weighted by molar-refractivity contribution is 6.00. The lowest BCUT2D eigenvalue weighted by Crippen LogP contribution is -2.23. The monoisotopic (exact) mass is 282 g/mol. The van der Waals surface area contributed by atoms with Crippen molar-refractivity contribution in [3.63, 3.8) is 0 Å². The summed E-state index contributed by atoms with van der Waals surface area (Å²) in [6, 6.07) is 13.0. The van der Waals surface area contributed by atoms with E-state index in [1.54, 1.807) is 30.3 Å². The number of rotatable bonds is 3. The lowest BCUT2D eigenvalue weighted by Gasteiger charge is -2.03. The molecule has 7 heteroatoms. The van der Waals surface area contributed by atoms with Crippen LogP contribution in [0.4, 0.5) is 5.69 Å². The molecule has 0 fully saturated rings. The largest absolute Gasteiger partial charge is 0.271 e. The van der Waals surface area contributed by atoms with Crippen LogP contribution in [0.25, 0.3) is 10.9 Å². The Morgan fingerprint density at radius 3 is 2.67 bits per heavy atom. The van der Waals surface area contributed by atoms with Gasteiger partial charge in [0.25, 0.3) is 11.6 Å². The van der Waals surface area contributed by atoms with Gasteiger partial charge in [0.2, 0.25) is 0 Å². The molecule has 1 heterocycles. The van der Waals surface area contributed by atoms with Gasteiger partial charge in [0.05, 0.1) is 16.6 Å². The van der Waals surface area contributed by atoms with E-state index in [0.717, 1.165) is 0 Å². The fourth-order valence-electron chi connectivity index (χ4n) is 1.94. The highest BCUT2D eigenvalue weighted by Gasteiger charge is 2.10. The third-order valence-corrected chi connectivity index (χ3v) is 2.95. The number of hydrogen-bond acceptors (Lipinski definition) is 4. The van der Waals surface area contributed by atoms with Gasteiger partial charge in [-0.05, 0) is 18.2 Å². The minimum Gasteiger partial charge on any atom is -0.267 e. The second kappa shape index (κ2) is 5.04. The van der Waals surface area contributed by atoms with Crippen LogP contribution in [-0.2, 0) is 0 Å². The molecule has 0 atom stereocenters. The number of carbonyl (C=O) groups is 1. The summed E-state index contributed by atoms with van der Waals surface area (Å²) in [7, 11) is 0. The van der Waals surface area contributed by atoms with Crippen molar-refractivity contribution in [2.24, 2.45) is 0 Å². The quantitative estimate of drug-likeness (QED) is 0.589. The number of benzene rings is 2. The minimum absolute atomic E-state index is 0.0172. The molecular formula is C14H10N4O3. The van der Waals surface area contributed by atoms with E-state index in [0.29, 0.717) is 16.5 Å². The molecule has 3 aromatic rings. The number of amides is 1. The van der Waals surface area contributed by atoms with Crippen LogP contribution in [0, 0.1) is 10.1 Å². The molecule has 0 saturated heterocycles. The van der Waals surface area contributed by atoms with Crippen molar-refractivity contribution < 1.29 is 9.72 Å². The first kappa shape index (κ1) is 12.8. The Balaban J connectivity index is 1.88. The number of fused-ring (bicyclic) bond motifs is 1. The van der Waals surface area contributed by atoms with Crippen LogP contribution < -0.4 is 5.43 Å². The zero-order chi connectivity index (χ0) is 14.8. The third kappa shape index (κ3) is 2.57. The molecule has 0 saturated carbocycles. The normalized spacial score (nSPS) is 10.5. The average molecular weight is 282 g/mol. The summed E-state index contributed by atoms with van der Waals surface area (Å²) in [5.74, 6) is -0.307. The van der Waals surface area contributed by atoms with Gasteiger partial charge < -0.3 is 0 Å². The van der Waals surface area contributed by atoms with Crippen molar-refractivity contribution in [2.45, 2.75) is 0 Å². The zero-order valence-electron chi connectivity index (χ0n) is 10.8. The molecule has 0 aliphatic rings. The molecule has 3 rings (SSSR count). The van der Waals surface area contributed by atoms with Crippen LogP contribution in [0.5, 0.6) is 0 Å². The van der Waals surface area contributed by atoms with E-state index in [4.69, 9.17) is 0 Å². The molecule has 1 N–H and O–H groups in total. The zero-order valence-corrected chi connectivity index (χ0v) is 10.8. The minimum atomic E-state index is -0.473. The maximum absolute atomic E-state index is 12.0. The molecule has 7 nitrogen and oxygen atoms in total. The van der Waals surface area contributed by atoms with Crippen LogP contribution in [0.15, 0.2) is 54.7 Å². The predicted octanol–water partition coefficient (Wildman–Crippen LogP) is 2.33. The average Bonchev–Trinajstić information content (AvgIpc) is 2.89. The topological polar surface area (TPSA) is 90.1 Å². The van der Waals surface area contributed by atoms with E-state index in [-0.39, 0.29) is 11.6 Å². The maximum atomic E-state index is 12.0.